The molecule has 0 aliphatic heterocycles. The normalized spacial score (nSPS) is 10.5. The maximum Gasteiger partial charge on any atom is 0.224 e. The van der Waals surface area contributed by atoms with Crippen LogP contribution >= 0.6 is 27.7 Å². The largest absolute Gasteiger partial charge is 0.368 e. The van der Waals surface area contributed by atoms with Crippen molar-refractivity contribution >= 4 is 33.6 Å². The standard InChI is InChI=1S/C11H11BrN4S/c1-6-5-7(12)3-4-8(6)9-14-10(13)16-11(15-9)17-2/h3-5H,1-2H3,(H2,13,14,15,16). The fourth-order valence-corrected chi connectivity index (χ4v) is 2.30. The van der Waals surface area contributed by atoms with Gasteiger partial charge >= 0.3 is 0 Å². The van der Waals surface area contributed by atoms with Crippen molar-refractivity contribution < 1.29 is 0 Å². The molecule has 17 heavy (non-hydrogen) atoms. The van der Waals surface area contributed by atoms with Crippen molar-refractivity contribution in [1.82, 2.24) is 15.0 Å². The first-order chi connectivity index (χ1) is 8.10. The number of anilines is 1. The molecular formula is C11H11BrN4S. The average Bonchev–Trinajstić information content (AvgIpc) is 2.28. The number of nitrogens with zero attached hydrogens (tertiary/aromatic N) is 3. The van der Waals surface area contributed by atoms with Crippen LogP contribution in [0.1, 0.15) is 5.56 Å². The van der Waals surface area contributed by atoms with Crippen LogP contribution in [0.5, 0.6) is 0 Å². The van der Waals surface area contributed by atoms with Crippen molar-refractivity contribution in [1.29, 1.82) is 0 Å². The van der Waals surface area contributed by atoms with Crippen LogP contribution in [0.2, 0.25) is 0 Å². The van der Waals surface area contributed by atoms with Crippen molar-refractivity contribution in [2.24, 2.45) is 0 Å². The number of nitrogen functional groups attached to an aromatic ring is 1. The number of thioether (sulfide) groups is 1. The molecule has 0 unspecified atom stereocenters. The lowest BCUT2D eigenvalue weighted by atomic mass is 10.1. The van der Waals surface area contributed by atoms with Gasteiger partial charge in [-0.05, 0) is 36.9 Å². The summed E-state index contributed by atoms with van der Waals surface area (Å²) in [5.74, 6) is 0.869. The SMILES string of the molecule is CSc1nc(N)nc(-c2ccc(Br)cc2C)n1. The van der Waals surface area contributed by atoms with Crippen LogP contribution in [0.4, 0.5) is 5.95 Å². The summed E-state index contributed by atoms with van der Waals surface area (Å²) in [6, 6.07) is 5.95. The molecule has 0 bridgehead atoms. The molecular weight excluding hydrogens is 300 g/mol. The van der Waals surface area contributed by atoms with Gasteiger partial charge in [0.1, 0.15) is 0 Å². The molecule has 0 saturated carbocycles. The van der Waals surface area contributed by atoms with Crippen LogP contribution in [-0.4, -0.2) is 21.2 Å². The van der Waals surface area contributed by atoms with E-state index in [0.717, 1.165) is 15.6 Å². The zero-order valence-electron chi connectivity index (χ0n) is 9.44. The molecule has 2 N–H and O–H groups in total. The molecule has 0 radical (unpaired) electrons. The zero-order valence-corrected chi connectivity index (χ0v) is 11.8. The third-order valence-corrected chi connectivity index (χ3v) is 3.29. The van der Waals surface area contributed by atoms with E-state index in [1.165, 1.54) is 11.8 Å². The Morgan fingerprint density at radius 3 is 2.65 bits per heavy atom. The Labute approximate surface area is 112 Å². The number of rotatable bonds is 2. The van der Waals surface area contributed by atoms with Crippen molar-refractivity contribution in [3.63, 3.8) is 0 Å². The minimum Gasteiger partial charge on any atom is -0.368 e. The van der Waals surface area contributed by atoms with E-state index in [1.54, 1.807) is 0 Å². The van der Waals surface area contributed by atoms with Crippen LogP contribution < -0.4 is 5.73 Å². The van der Waals surface area contributed by atoms with Gasteiger partial charge in [0.15, 0.2) is 11.0 Å². The predicted octanol–water partition coefficient (Wildman–Crippen LogP) is 2.91. The van der Waals surface area contributed by atoms with Gasteiger partial charge in [0, 0.05) is 10.0 Å². The van der Waals surface area contributed by atoms with E-state index in [0.29, 0.717) is 11.0 Å². The molecule has 0 atom stereocenters. The summed E-state index contributed by atoms with van der Waals surface area (Å²) < 4.78 is 1.03. The lowest BCUT2D eigenvalue weighted by Crippen LogP contribution is -2.02. The van der Waals surface area contributed by atoms with Gasteiger partial charge in [-0.1, -0.05) is 27.7 Å². The summed E-state index contributed by atoms with van der Waals surface area (Å²) in [5.41, 5.74) is 7.73. The molecule has 6 heteroatoms. The van der Waals surface area contributed by atoms with Crippen molar-refractivity contribution in [3.05, 3.63) is 28.2 Å². The summed E-state index contributed by atoms with van der Waals surface area (Å²) in [4.78, 5) is 12.6. The molecule has 0 aliphatic rings. The summed E-state index contributed by atoms with van der Waals surface area (Å²) >= 11 is 4.88. The van der Waals surface area contributed by atoms with Gasteiger partial charge in [-0.3, -0.25) is 0 Å². The van der Waals surface area contributed by atoms with Crippen molar-refractivity contribution in [2.75, 3.05) is 12.0 Å². The average molecular weight is 311 g/mol. The highest BCUT2D eigenvalue weighted by Crippen LogP contribution is 2.24. The summed E-state index contributed by atoms with van der Waals surface area (Å²) in [5, 5.41) is 0.634. The summed E-state index contributed by atoms with van der Waals surface area (Å²) in [7, 11) is 0. The smallest absolute Gasteiger partial charge is 0.224 e. The van der Waals surface area contributed by atoms with Crippen LogP contribution in [0.25, 0.3) is 11.4 Å². The molecule has 0 spiro atoms. The van der Waals surface area contributed by atoms with Crippen LogP contribution in [-0.2, 0) is 0 Å². The highest BCUT2D eigenvalue weighted by molar-refractivity contribution is 9.10. The number of aryl methyl sites for hydroxylation is 1. The number of hydrogen-bond acceptors (Lipinski definition) is 5. The van der Waals surface area contributed by atoms with Crippen LogP contribution in [0, 0.1) is 6.92 Å². The van der Waals surface area contributed by atoms with Crippen molar-refractivity contribution in [3.8, 4) is 11.4 Å². The minimum absolute atomic E-state index is 0.252. The maximum absolute atomic E-state index is 5.67. The molecule has 2 aromatic rings. The van der Waals surface area contributed by atoms with Gasteiger partial charge in [0.2, 0.25) is 5.95 Å². The molecule has 0 saturated heterocycles. The van der Waals surface area contributed by atoms with Crippen molar-refractivity contribution in [2.45, 2.75) is 12.1 Å². The summed E-state index contributed by atoms with van der Waals surface area (Å²) in [6.07, 6.45) is 1.91. The first-order valence-electron chi connectivity index (χ1n) is 4.92. The Balaban J connectivity index is 2.55. The molecule has 0 amide bonds. The van der Waals surface area contributed by atoms with E-state index in [1.807, 2.05) is 31.4 Å². The second-order valence-electron chi connectivity index (χ2n) is 3.46. The molecule has 1 heterocycles. The highest BCUT2D eigenvalue weighted by atomic mass is 79.9. The molecule has 0 aliphatic carbocycles. The van der Waals surface area contributed by atoms with E-state index in [9.17, 15) is 0 Å². The van der Waals surface area contributed by atoms with E-state index < -0.39 is 0 Å². The molecule has 2 rings (SSSR count). The molecule has 0 fully saturated rings. The number of benzene rings is 1. The van der Waals surface area contributed by atoms with E-state index >= 15 is 0 Å². The zero-order chi connectivity index (χ0) is 12.4. The molecule has 88 valence electrons. The summed E-state index contributed by atoms with van der Waals surface area (Å²) in [6.45, 7) is 2.01. The highest BCUT2D eigenvalue weighted by Gasteiger charge is 2.08. The predicted molar refractivity (Wildman–Crippen MR) is 73.9 cm³/mol. The fraction of sp³-hybridized carbons (Fsp3) is 0.182. The van der Waals surface area contributed by atoms with Gasteiger partial charge in [-0.15, -0.1) is 0 Å². The monoisotopic (exact) mass is 310 g/mol. The van der Waals surface area contributed by atoms with Crippen LogP contribution in [0.3, 0.4) is 0 Å². The molecule has 1 aromatic heterocycles. The minimum atomic E-state index is 0.252. The Hall–Kier alpha value is -1.14. The molecule has 1 aromatic carbocycles. The Morgan fingerprint density at radius 2 is 2.00 bits per heavy atom. The van der Waals surface area contributed by atoms with Gasteiger partial charge in [0.05, 0.1) is 0 Å². The van der Waals surface area contributed by atoms with Crippen LogP contribution in [0.15, 0.2) is 27.8 Å². The van der Waals surface area contributed by atoms with E-state index in [-0.39, 0.29) is 5.95 Å². The Bertz CT molecular complexity index is 559. The molecule has 4 nitrogen and oxygen atoms in total. The first-order valence-corrected chi connectivity index (χ1v) is 6.94. The third kappa shape index (κ3) is 2.76. The third-order valence-electron chi connectivity index (χ3n) is 2.24. The number of aromatic nitrogens is 3. The van der Waals surface area contributed by atoms with Gasteiger partial charge < -0.3 is 5.73 Å². The first kappa shape index (κ1) is 12.3. The van der Waals surface area contributed by atoms with E-state index in [2.05, 4.69) is 30.9 Å². The second-order valence-corrected chi connectivity index (χ2v) is 5.15. The number of nitrogens with two attached hydrogens (primary N) is 1. The lowest BCUT2D eigenvalue weighted by Gasteiger charge is -2.06. The van der Waals surface area contributed by atoms with E-state index in [4.69, 9.17) is 5.73 Å². The fourth-order valence-electron chi connectivity index (χ4n) is 1.46. The van der Waals surface area contributed by atoms with Gasteiger partial charge in [-0.2, -0.15) is 9.97 Å². The number of hydrogen-bond donors (Lipinski definition) is 1. The van der Waals surface area contributed by atoms with Gasteiger partial charge in [0.25, 0.3) is 0 Å². The quantitative estimate of drug-likeness (QED) is 0.864. The second kappa shape index (κ2) is 5.01. The number of halogens is 1. The lowest BCUT2D eigenvalue weighted by molar-refractivity contribution is 0.926. The Kier molecular flexibility index (Phi) is 3.63. The Morgan fingerprint density at radius 1 is 1.24 bits per heavy atom. The topological polar surface area (TPSA) is 64.7 Å². The maximum atomic E-state index is 5.67. The van der Waals surface area contributed by atoms with Gasteiger partial charge in [-0.25, -0.2) is 4.98 Å².